The van der Waals surface area contributed by atoms with E-state index in [9.17, 15) is 4.79 Å². The minimum Gasteiger partial charge on any atom is -0.294 e. The highest BCUT2D eigenvalue weighted by Gasteiger charge is 2.65. The van der Waals surface area contributed by atoms with E-state index < -0.39 is 0 Å². The van der Waals surface area contributed by atoms with Crippen LogP contribution in [0.3, 0.4) is 0 Å². The summed E-state index contributed by atoms with van der Waals surface area (Å²) in [6.45, 7) is 7.75. The van der Waals surface area contributed by atoms with Gasteiger partial charge in [-0.05, 0) is 104 Å². The molecular formula is C24H36O. The predicted molar refractivity (Wildman–Crippen MR) is 102 cm³/mol. The summed E-state index contributed by atoms with van der Waals surface area (Å²) in [5, 5.41) is 0. The fourth-order valence-electron chi connectivity index (χ4n) is 9.05. The Bertz CT molecular complexity index is 620. The van der Waals surface area contributed by atoms with E-state index in [4.69, 9.17) is 0 Å². The smallest absolute Gasteiger partial charge is 0.162 e. The third kappa shape index (κ3) is 1.94. The fraction of sp³-hybridized carbons (Fsp3) is 0.875. The minimum atomic E-state index is 0.0575. The number of hydrogen-bond acceptors (Lipinski definition) is 1. The lowest BCUT2D eigenvalue weighted by atomic mass is 9.39. The van der Waals surface area contributed by atoms with E-state index in [1.165, 1.54) is 64.2 Å². The minimum absolute atomic E-state index is 0.0575. The lowest BCUT2D eigenvalue weighted by molar-refractivity contribution is -0.169. The van der Waals surface area contributed by atoms with E-state index in [0.29, 0.717) is 28.4 Å². The molecule has 0 N–H and O–H groups in total. The van der Waals surface area contributed by atoms with Gasteiger partial charge in [0.1, 0.15) is 0 Å². The fourth-order valence-corrected chi connectivity index (χ4v) is 9.05. The normalized spacial score (nSPS) is 57.4. The highest BCUT2D eigenvalue weighted by atomic mass is 16.1. The Morgan fingerprint density at radius 1 is 0.960 bits per heavy atom. The number of rotatable bonds is 0. The third-order valence-electron chi connectivity index (χ3n) is 10.4. The molecule has 1 spiro atoms. The highest BCUT2D eigenvalue weighted by molar-refractivity contribution is 5.96. The molecule has 7 unspecified atom stereocenters. The number of carbonyl (C=O) groups is 1. The molecule has 0 amide bonds. The number of fused-ring (bicyclic) bond motifs is 4. The Labute approximate surface area is 154 Å². The van der Waals surface area contributed by atoms with Gasteiger partial charge in [-0.15, -0.1) is 0 Å². The summed E-state index contributed by atoms with van der Waals surface area (Å²) in [5.41, 5.74) is 1.13. The van der Waals surface area contributed by atoms with Crippen molar-refractivity contribution in [3.05, 3.63) is 12.2 Å². The summed E-state index contributed by atoms with van der Waals surface area (Å²) in [5.74, 6) is 4.51. The van der Waals surface area contributed by atoms with Gasteiger partial charge in [-0.25, -0.2) is 0 Å². The first-order valence-corrected chi connectivity index (χ1v) is 11.1. The molecule has 1 nitrogen and oxygen atoms in total. The molecule has 0 bridgehead atoms. The highest BCUT2D eigenvalue weighted by Crippen LogP contribution is 2.71. The molecule has 0 saturated heterocycles. The van der Waals surface area contributed by atoms with Crippen molar-refractivity contribution in [2.75, 3.05) is 0 Å². The van der Waals surface area contributed by atoms with Crippen LogP contribution in [-0.4, -0.2) is 5.78 Å². The van der Waals surface area contributed by atoms with E-state index in [1.54, 1.807) is 0 Å². The molecule has 5 rings (SSSR count). The van der Waals surface area contributed by atoms with Gasteiger partial charge in [-0.1, -0.05) is 33.3 Å². The second-order valence-corrected chi connectivity index (χ2v) is 11.1. The summed E-state index contributed by atoms with van der Waals surface area (Å²) in [6.07, 6.45) is 17.6. The maximum Gasteiger partial charge on any atom is 0.162 e. The van der Waals surface area contributed by atoms with Gasteiger partial charge in [0.25, 0.3) is 0 Å². The molecule has 0 aromatic rings. The molecule has 0 aromatic carbocycles. The summed E-state index contributed by atoms with van der Waals surface area (Å²) in [7, 11) is 0. The van der Waals surface area contributed by atoms with Gasteiger partial charge < -0.3 is 0 Å². The Morgan fingerprint density at radius 2 is 1.80 bits per heavy atom. The molecule has 1 heteroatoms. The zero-order valence-electron chi connectivity index (χ0n) is 16.5. The van der Waals surface area contributed by atoms with Gasteiger partial charge in [-0.3, -0.25) is 4.79 Å². The lowest BCUT2D eigenvalue weighted by Gasteiger charge is -2.65. The van der Waals surface area contributed by atoms with E-state index >= 15 is 0 Å². The predicted octanol–water partition coefficient (Wildman–Crippen LogP) is 6.18. The van der Waals surface area contributed by atoms with Crippen molar-refractivity contribution in [2.45, 2.75) is 85.0 Å². The molecule has 4 saturated carbocycles. The van der Waals surface area contributed by atoms with Gasteiger partial charge in [0.05, 0.1) is 0 Å². The van der Waals surface area contributed by atoms with E-state index in [-0.39, 0.29) is 5.41 Å². The van der Waals surface area contributed by atoms with Crippen LogP contribution in [0.1, 0.15) is 85.0 Å². The summed E-state index contributed by atoms with van der Waals surface area (Å²) < 4.78 is 0. The van der Waals surface area contributed by atoms with Crippen molar-refractivity contribution in [1.29, 1.82) is 0 Å². The van der Waals surface area contributed by atoms with Crippen molar-refractivity contribution < 1.29 is 4.79 Å². The lowest BCUT2D eigenvalue weighted by Crippen LogP contribution is -2.59. The second-order valence-electron chi connectivity index (χ2n) is 11.1. The van der Waals surface area contributed by atoms with Crippen molar-refractivity contribution in [3.8, 4) is 0 Å². The third-order valence-corrected chi connectivity index (χ3v) is 10.4. The summed E-state index contributed by atoms with van der Waals surface area (Å²) in [6, 6.07) is 0. The maximum absolute atomic E-state index is 13.1. The van der Waals surface area contributed by atoms with Gasteiger partial charge in [0, 0.05) is 5.41 Å². The van der Waals surface area contributed by atoms with Crippen LogP contribution >= 0.6 is 0 Å². The maximum atomic E-state index is 13.1. The molecule has 5 aliphatic carbocycles. The van der Waals surface area contributed by atoms with Crippen molar-refractivity contribution >= 4 is 5.78 Å². The van der Waals surface area contributed by atoms with Crippen molar-refractivity contribution in [2.24, 2.45) is 45.8 Å². The molecule has 5 aliphatic rings. The molecule has 0 aromatic heterocycles. The first kappa shape index (κ1) is 16.6. The topological polar surface area (TPSA) is 17.1 Å². The van der Waals surface area contributed by atoms with Crippen LogP contribution < -0.4 is 0 Å². The summed E-state index contributed by atoms with van der Waals surface area (Å²) >= 11 is 0. The Hall–Kier alpha value is -0.590. The first-order chi connectivity index (χ1) is 11.9. The molecule has 0 heterocycles. The molecule has 8 atom stereocenters. The van der Waals surface area contributed by atoms with Crippen LogP contribution in [0, 0.1) is 45.8 Å². The van der Waals surface area contributed by atoms with Crippen molar-refractivity contribution in [1.82, 2.24) is 0 Å². The van der Waals surface area contributed by atoms with Crippen LogP contribution in [0.2, 0.25) is 0 Å². The SMILES string of the molecule is C[C@@H]1CCC2(C)C3CCC45C(=O)C=CCC4CCC5C3CCC2(C)C1. The van der Waals surface area contributed by atoms with E-state index in [2.05, 4.69) is 26.8 Å². The van der Waals surface area contributed by atoms with E-state index in [1.807, 2.05) is 6.08 Å². The Kier molecular flexibility index (Phi) is 3.47. The zero-order chi connectivity index (χ0) is 17.4. The molecular weight excluding hydrogens is 304 g/mol. The van der Waals surface area contributed by atoms with Crippen molar-refractivity contribution in [3.63, 3.8) is 0 Å². The van der Waals surface area contributed by atoms with Gasteiger partial charge >= 0.3 is 0 Å². The largest absolute Gasteiger partial charge is 0.294 e. The van der Waals surface area contributed by atoms with Crippen LogP contribution in [0.5, 0.6) is 0 Å². The molecule has 138 valence electrons. The average Bonchev–Trinajstić information content (AvgIpc) is 2.97. The van der Waals surface area contributed by atoms with Gasteiger partial charge in [-0.2, -0.15) is 0 Å². The summed E-state index contributed by atoms with van der Waals surface area (Å²) in [4.78, 5) is 13.1. The molecule has 0 radical (unpaired) electrons. The number of carbonyl (C=O) groups excluding carboxylic acids is 1. The Balaban J connectivity index is 1.51. The van der Waals surface area contributed by atoms with Gasteiger partial charge in [0.2, 0.25) is 0 Å². The molecule has 0 aliphatic heterocycles. The van der Waals surface area contributed by atoms with Crippen LogP contribution in [-0.2, 0) is 4.79 Å². The molecule has 25 heavy (non-hydrogen) atoms. The quantitative estimate of drug-likeness (QED) is 0.514. The number of ketones is 1. The first-order valence-electron chi connectivity index (χ1n) is 11.1. The average molecular weight is 341 g/mol. The second kappa shape index (κ2) is 5.23. The monoisotopic (exact) mass is 340 g/mol. The zero-order valence-corrected chi connectivity index (χ0v) is 16.5. The van der Waals surface area contributed by atoms with E-state index in [0.717, 1.165) is 17.8 Å². The van der Waals surface area contributed by atoms with Crippen LogP contribution in [0.15, 0.2) is 12.2 Å². The number of allylic oxidation sites excluding steroid dienone is 2. The number of hydrogen-bond donors (Lipinski definition) is 0. The standard InChI is InChI=1S/C24H36O/c1-16-9-13-23(3)19-11-14-24-17(5-4-6-21(24)25)7-8-20(24)18(19)10-12-22(23,2)15-16/h4,6,16-20H,5,7-15H2,1-3H3/t16-,17?,18?,19?,20?,22?,23?,24?/m1/s1. The molecule has 4 fully saturated rings. The van der Waals surface area contributed by atoms with Gasteiger partial charge in [0.15, 0.2) is 5.78 Å². The van der Waals surface area contributed by atoms with Crippen LogP contribution in [0.25, 0.3) is 0 Å². The Morgan fingerprint density at radius 3 is 2.64 bits per heavy atom. The van der Waals surface area contributed by atoms with Crippen LogP contribution in [0.4, 0.5) is 0 Å².